The molecule has 0 saturated heterocycles. The number of primary amides is 1. The average Bonchev–Trinajstić information content (AvgIpc) is 2.58. The van der Waals surface area contributed by atoms with Crippen molar-refractivity contribution < 1.29 is 23.9 Å². The minimum Gasteiger partial charge on any atom is -0.456 e. The van der Waals surface area contributed by atoms with Crippen LogP contribution in [0.4, 0.5) is 10.5 Å². The molecule has 0 bridgehead atoms. The Morgan fingerprint density at radius 2 is 1.73 bits per heavy atom. The molecule has 0 saturated carbocycles. The number of esters is 1. The maximum absolute atomic E-state index is 12.1. The molecule has 1 aromatic carbocycles. The number of ketones is 1. The van der Waals surface area contributed by atoms with Crippen LogP contribution in [0.25, 0.3) is 0 Å². The fourth-order valence-corrected chi connectivity index (χ4v) is 2.17. The van der Waals surface area contributed by atoms with Crippen molar-refractivity contribution in [3.8, 4) is 0 Å². The number of hydrogen-bond acceptors (Lipinski definition) is 5. The van der Waals surface area contributed by atoms with Crippen LogP contribution in [0, 0.1) is 5.92 Å². The summed E-state index contributed by atoms with van der Waals surface area (Å²) in [6, 6.07) is 4.54. The molecule has 3 amide bonds. The maximum Gasteiger partial charge on any atom is 0.329 e. The number of amides is 3. The molecule has 26 heavy (non-hydrogen) atoms. The van der Waals surface area contributed by atoms with E-state index in [4.69, 9.17) is 10.5 Å². The van der Waals surface area contributed by atoms with Crippen molar-refractivity contribution in [1.29, 1.82) is 0 Å². The van der Waals surface area contributed by atoms with Crippen LogP contribution in [0.2, 0.25) is 0 Å². The minimum absolute atomic E-state index is 0.126. The molecule has 0 unspecified atom stereocenters. The lowest BCUT2D eigenvalue weighted by Crippen LogP contribution is -2.45. The van der Waals surface area contributed by atoms with Gasteiger partial charge in [0.05, 0.1) is 0 Å². The highest BCUT2D eigenvalue weighted by molar-refractivity contribution is 5.99. The Hall–Kier alpha value is -2.90. The lowest BCUT2D eigenvalue weighted by Gasteiger charge is -2.18. The van der Waals surface area contributed by atoms with E-state index in [1.54, 1.807) is 19.1 Å². The van der Waals surface area contributed by atoms with Crippen molar-refractivity contribution in [2.24, 2.45) is 11.7 Å². The number of rotatable bonds is 9. The number of carbonyl (C=O) groups excluding carboxylic acids is 4. The van der Waals surface area contributed by atoms with Gasteiger partial charge in [-0.25, -0.2) is 9.59 Å². The fourth-order valence-electron chi connectivity index (χ4n) is 2.17. The van der Waals surface area contributed by atoms with Crippen molar-refractivity contribution in [2.45, 2.75) is 39.7 Å². The Bertz CT molecular complexity index is 655. The second-order valence-electron chi connectivity index (χ2n) is 6.20. The highest BCUT2D eigenvalue weighted by Gasteiger charge is 2.23. The first kappa shape index (κ1) is 21.1. The zero-order valence-electron chi connectivity index (χ0n) is 15.2. The van der Waals surface area contributed by atoms with E-state index in [9.17, 15) is 19.2 Å². The normalized spacial score (nSPS) is 11.5. The first-order valence-electron chi connectivity index (χ1n) is 8.38. The van der Waals surface area contributed by atoms with Gasteiger partial charge in [-0.2, -0.15) is 0 Å². The number of nitrogens with one attached hydrogen (secondary N) is 2. The van der Waals surface area contributed by atoms with Crippen LogP contribution >= 0.6 is 0 Å². The van der Waals surface area contributed by atoms with E-state index >= 15 is 0 Å². The van der Waals surface area contributed by atoms with Crippen LogP contribution in [-0.2, 0) is 14.3 Å². The number of anilines is 1. The molecule has 0 heterocycles. The average molecular weight is 363 g/mol. The van der Waals surface area contributed by atoms with Crippen molar-refractivity contribution in [1.82, 2.24) is 5.32 Å². The van der Waals surface area contributed by atoms with Crippen LogP contribution in [0.1, 0.15) is 44.0 Å². The van der Waals surface area contributed by atoms with E-state index in [0.29, 0.717) is 24.1 Å². The first-order chi connectivity index (χ1) is 12.2. The molecule has 0 fully saturated rings. The molecule has 0 aromatic heterocycles. The van der Waals surface area contributed by atoms with Gasteiger partial charge in [0.1, 0.15) is 6.04 Å². The summed E-state index contributed by atoms with van der Waals surface area (Å²) in [6.07, 6.45) is 0.704. The third kappa shape index (κ3) is 7.33. The van der Waals surface area contributed by atoms with Crippen LogP contribution in [0.3, 0.4) is 0 Å². The zero-order chi connectivity index (χ0) is 19.7. The standard InChI is InChI=1S/C18H25N3O5/c1-4-16(23)20-13-7-5-12(6-8-13)15(22)10-26-17(24)14(9-11(2)3)21-18(19)25/h5-8,11,14H,4,9-10H2,1-3H3,(H,20,23)(H3,19,21,25)/t14-/m0/s1. The Balaban J connectivity index is 2.62. The minimum atomic E-state index is -0.896. The summed E-state index contributed by atoms with van der Waals surface area (Å²) in [6.45, 7) is 5.05. The molecular formula is C18H25N3O5. The molecule has 4 N–H and O–H groups in total. The number of hydrogen-bond donors (Lipinski definition) is 3. The maximum atomic E-state index is 12.1. The van der Waals surface area contributed by atoms with Gasteiger partial charge in [0.2, 0.25) is 5.91 Å². The van der Waals surface area contributed by atoms with Crippen LogP contribution in [0.5, 0.6) is 0 Å². The lowest BCUT2D eigenvalue weighted by molar-refractivity contribution is -0.145. The number of urea groups is 1. The molecule has 8 heteroatoms. The molecular weight excluding hydrogens is 338 g/mol. The second kappa shape index (κ2) is 10.2. The summed E-state index contributed by atoms with van der Waals surface area (Å²) >= 11 is 0. The highest BCUT2D eigenvalue weighted by Crippen LogP contribution is 2.11. The highest BCUT2D eigenvalue weighted by atomic mass is 16.5. The Kier molecular flexibility index (Phi) is 8.27. The predicted octanol–water partition coefficient (Wildman–Crippen LogP) is 1.84. The van der Waals surface area contributed by atoms with Crippen molar-refractivity contribution in [3.63, 3.8) is 0 Å². The van der Waals surface area contributed by atoms with Crippen molar-refractivity contribution in [3.05, 3.63) is 29.8 Å². The van der Waals surface area contributed by atoms with Gasteiger partial charge in [0.15, 0.2) is 12.4 Å². The number of carbonyl (C=O) groups is 4. The molecule has 142 valence electrons. The number of ether oxygens (including phenoxy) is 1. The predicted molar refractivity (Wildman–Crippen MR) is 96.6 cm³/mol. The summed E-state index contributed by atoms with van der Waals surface area (Å²) in [7, 11) is 0. The smallest absolute Gasteiger partial charge is 0.329 e. The number of benzene rings is 1. The fraction of sp³-hybridized carbons (Fsp3) is 0.444. The zero-order valence-corrected chi connectivity index (χ0v) is 15.2. The van der Waals surface area contributed by atoms with Crippen LogP contribution in [-0.4, -0.2) is 36.3 Å². The van der Waals surface area contributed by atoms with Gasteiger partial charge < -0.3 is 21.1 Å². The van der Waals surface area contributed by atoms with Crippen LogP contribution in [0.15, 0.2) is 24.3 Å². The molecule has 1 rings (SSSR count). The first-order valence-corrected chi connectivity index (χ1v) is 8.38. The molecule has 8 nitrogen and oxygen atoms in total. The molecule has 0 aliphatic heterocycles. The van der Waals surface area contributed by atoms with E-state index in [1.165, 1.54) is 12.1 Å². The van der Waals surface area contributed by atoms with Gasteiger partial charge in [-0.05, 0) is 36.6 Å². The monoisotopic (exact) mass is 363 g/mol. The number of nitrogens with two attached hydrogens (primary N) is 1. The summed E-state index contributed by atoms with van der Waals surface area (Å²) in [5, 5.41) is 4.99. The third-order valence-corrected chi connectivity index (χ3v) is 3.47. The van der Waals surface area contributed by atoms with E-state index in [1.807, 2.05) is 13.8 Å². The quantitative estimate of drug-likeness (QED) is 0.456. The molecule has 0 radical (unpaired) electrons. The Labute approximate surface area is 152 Å². The largest absolute Gasteiger partial charge is 0.456 e. The van der Waals surface area contributed by atoms with Gasteiger partial charge in [0, 0.05) is 17.7 Å². The molecule has 1 aromatic rings. The topological polar surface area (TPSA) is 128 Å². The summed E-state index contributed by atoms with van der Waals surface area (Å²) in [4.78, 5) is 46.5. The Morgan fingerprint density at radius 3 is 2.23 bits per heavy atom. The van der Waals surface area contributed by atoms with Crippen molar-refractivity contribution >= 4 is 29.4 Å². The van der Waals surface area contributed by atoms with Gasteiger partial charge in [-0.15, -0.1) is 0 Å². The Morgan fingerprint density at radius 1 is 1.12 bits per heavy atom. The summed E-state index contributed by atoms with van der Waals surface area (Å²) in [5.41, 5.74) is 5.98. The van der Waals surface area contributed by atoms with Gasteiger partial charge in [-0.1, -0.05) is 20.8 Å². The SMILES string of the molecule is CCC(=O)Nc1ccc(C(=O)COC(=O)[C@H](CC(C)C)NC(N)=O)cc1. The number of Topliss-reactive ketones (excluding diaryl/α,β-unsaturated/α-hetero) is 1. The molecule has 0 aliphatic rings. The van der Waals surface area contributed by atoms with Gasteiger partial charge in [-0.3, -0.25) is 9.59 Å². The van der Waals surface area contributed by atoms with E-state index < -0.39 is 30.4 Å². The van der Waals surface area contributed by atoms with E-state index in [0.717, 1.165) is 0 Å². The lowest BCUT2D eigenvalue weighted by atomic mass is 10.0. The third-order valence-electron chi connectivity index (χ3n) is 3.47. The second-order valence-corrected chi connectivity index (χ2v) is 6.20. The van der Waals surface area contributed by atoms with E-state index in [-0.39, 0.29) is 11.8 Å². The van der Waals surface area contributed by atoms with E-state index in [2.05, 4.69) is 10.6 Å². The van der Waals surface area contributed by atoms with Crippen molar-refractivity contribution in [2.75, 3.05) is 11.9 Å². The van der Waals surface area contributed by atoms with Crippen LogP contribution < -0.4 is 16.4 Å². The molecule has 0 aliphatic carbocycles. The van der Waals surface area contributed by atoms with Gasteiger partial charge in [0.25, 0.3) is 0 Å². The molecule has 1 atom stereocenters. The molecule has 0 spiro atoms. The summed E-state index contributed by atoms with van der Waals surface area (Å²) < 4.78 is 5.01. The summed E-state index contributed by atoms with van der Waals surface area (Å²) in [5.74, 6) is -1.11. The van der Waals surface area contributed by atoms with Gasteiger partial charge >= 0.3 is 12.0 Å².